The van der Waals surface area contributed by atoms with Crippen LogP contribution < -0.4 is 5.32 Å². The van der Waals surface area contributed by atoms with Gasteiger partial charge in [0.05, 0.1) is 11.5 Å². The molecule has 0 radical (unpaired) electrons. The van der Waals surface area contributed by atoms with Crippen LogP contribution in [0.1, 0.15) is 56.2 Å². The molecule has 4 rings (SSSR count). The van der Waals surface area contributed by atoms with Gasteiger partial charge in [-0.2, -0.15) is 0 Å². The van der Waals surface area contributed by atoms with Crippen molar-refractivity contribution >= 4 is 23.1 Å². The second-order valence-electron chi connectivity index (χ2n) is 7.11. The maximum absolute atomic E-state index is 13.0. The first-order chi connectivity index (χ1) is 12.1. The molecule has 1 saturated carbocycles. The minimum Gasteiger partial charge on any atom is -0.459 e. The minimum atomic E-state index is -0.290. The summed E-state index contributed by atoms with van der Waals surface area (Å²) in [5.74, 6) is -0.564. The van der Waals surface area contributed by atoms with Crippen molar-refractivity contribution < 1.29 is 14.3 Å². The molecule has 0 bridgehead atoms. The molecule has 2 unspecified atom stereocenters. The number of nitrogens with one attached hydrogen (secondary N) is 1. The quantitative estimate of drug-likeness (QED) is 0.829. The second kappa shape index (κ2) is 6.79. The molecule has 1 N–H and O–H groups in total. The number of ether oxygens (including phenoxy) is 1. The number of ketones is 1. The van der Waals surface area contributed by atoms with Gasteiger partial charge in [0.25, 0.3) is 0 Å². The lowest BCUT2D eigenvalue weighted by Crippen LogP contribution is -2.40. The molecule has 0 amide bonds. The zero-order valence-corrected chi connectivity index (χ0v) is 15.2. The maximum atomic E-state index is 13.0. The molecule has 2 heterocycles. The number of thiophene rings is 1. The minimum absolute atomic E-state index is 0.0239. The van der Waals surface area contributed by atoms with E-state index in [9.17, 15) is 9.59 Å². The topological polar surface area (TPSA) is 55.4 Å². The van der Waals surface area contributed by atoms with Gasteiger partial charge >= 0.3 is 5.97 Å². The van der Waals surface area contributed by atoms with E-state index in [1.807, 2.05) is 24.4 Å². The molecule has 132 valence electrons. The van der Waals surface area contributed by atoms with E-state index < -0.39 is 0 Å². The van der Waals surface area contributed by atoms with Crippen LogP contribution in [0.2, 0.25) is 0 Å². The molecule has 0 aromatic carbocycles. The van der Waals surface area contributed by atoms with Gasteiger partial charge in [-0.15, -0.1) is 11.3 Å². The highest BCUT2D eigenvalue weighted by Gasteiger charge is 2.44. The van der Waals surface area contributed by atoms with Gasteiger partial charge in [-0.3, -0.25) is 4.79 Å². The number of allylic oxidation sites excluding steroid dienone is 3. The molecule has 3 aliphatic rings. The summed E-state index contributed by atoms with van der Waals surface area (Å²) in [5, 5.41) is 5.32. The number of rotatable bonds is 3. The summed E-state index contributed by atoms with van der Waals surface area (Å²) in [5.41, 5.74) is 2.40. The fraction of sp³-hybridized carbons (Fsp3) is 0.500. The smallest absolute Gasteiger partial charge is 0.336 e. The molecule has 0 saturated heterocycles. The van der Waals surface area contributed by atoms with Gasteiger partial charge in [-0.25, -0.2) is 4.79 Å². The van der Waals surface area contributed by atoms with Crippen LogP contribution in [0, 0.1) is 5.92 Å². The van der Waals surface area contributed by atoms with Crippen LogP contribution in [0.15, 0.2) is 40.6 Å². The number of fused-ring (bicyclic) bond motifs is 1. The van der Waals surface area contributed by atoms with Crippen molar-refractivity contribution in [2.24, 2.45) is 5.92 Å². The predicted molar refractivity (Wildman–Crippen MR) is 97.1 cm³/mol. The summed E-state index contributed by atoms with van der Waals surface area (Å²) in [6.45, 7) is 1.92. The van der Waals surface area contributed by atoms with Crippen molar-refractivity contribution in [2.45, 2.75) is 57.5 Å². The second-order valence-corrected chi connectivity index (χ2v) is 8.09. The average Bonchev–Trinajstić information content (AvgIpc) is 3.27. The molecule has 4 nitrogen and oxygen atoms in total. The summed E-state index contributed by atoms with van der Waals surface area (Å²) in [6.07, 6.45) is 7.58. The third-order valence-corrected chi connectivity index (χ3v) is 6.42. The van der Waals surface area contributed by atoms with Crippen LogP contribution in [0.3, 0.4) is 0 Å². The Labute approximate surface area is 152 Å². The number of hydrogen-bond donors (Lipinski definition) is 1. The van der Waals surface area contributed by atoms with Crippen LogP contribution in [-0.2, 0) is 14.3 Å². The van der Waals surface area contributed by atoms with Crippen LogP contribution in [0.4, 0.5) is 0 Å². The Morgan fingerprint density at radius 1 is 1.28 bits per heavy atom. The zero-order valence-electron chi connectivity index (χ0n) is 14.4. The highest BCUT2D eigenvalue weighted by Crippen LogP contribution is 2.45. The Kier molecular flexibility index (Phi) is 4.50. The Bertz CT molecular complexity index is 741. The SMILES string of the molecule is CC1=C(C(=O)OC2CCCC2)C(c2cccs2)C2C(=O)CCC=C2N1. The van der Waals surface area contributed by atoms with Crippen molar-refractivity contribution in [2.75, 3.05) is 0 Å². The highest BCUT2D eigenvalue weighted by molar-refractivity contribution is 7.10. The zero-order chi connectivity index (χ0) is 17.4. The van der Waals surface area contributed by atoms with Gasteiger partial charge in [0.2, 0.25) is 0 Å². The third kappa shape index (κ3) is 3.06. The molecule has 1 fully saturated rings. The maximum Gasteiger partial charge on any atom is 0.336 e. The summed E-state index contributed by atoms with van der Waals surface area (Å²) < 4.78 is 5.80. The lowest BCUT2D eigenvalue weighted by atomic mass is 9.73. The van der Waals surface area contributed by atoms with E-state index in [-0.39, 0.29) is 29.7 Å². The standard InChI is InChI=1S/C20H23NO3S/c1-12-17(20(23)24-13-6-2-3-7-13)19(16-10-5-11-25-16)18-14(21-12)8-4-9-15(18)22/h5,8,10-11,13,18-19,21H,2-4,6-7,9H2,1H3. The van der Waals surface area contributed by atoms with Gasteiger partial charge in [-0.05, 0) is 50.5 Å². The highest BCUT2D eigenvalue weighted by atomic mass is 32.1. The van der Waals surface area contributed by atoms with Crippen molar-refractivity contribution in [3.8, 4) is 0 Å². The predicted octanol–water partition coefficient (Wildman–Crippen LogP) is 4.06. The van der Waals surface area contributed by atoms with Crippen LogP contribution in [0.25, 0.3) is 0 Å². The number of carbonyl (C=O) groups is 2. The normalized spacial score (nSPS) is 26.9. The third-order valence-electron chi connectivity index (χ3n) is 5.46. The monoisotopic (exact) mass is 357 g/mol. The summed E-state index contributed by atoms with van der Waals surface area (Å²) in [4.78, 5) is 26.8. The van der Waals surface area contributed by atoms with E-state index in [2.05, 4.69) is 11.4 Å². The Balaban J connectivity index is 1.73. The van der Waals surface area contributed by atoms with Gasteiger partial charge in [0.15, 0.2) is 0 Å². The lowest BCUT2D eigenvalue weighted by molar-refractivity contribution is -0.144. The Morgan fingerprint density at radius 2 is 2.08 bits per heavy atom. The number of Topliss-reactive ketones (excluding diaryl/α,β-unsaturated/α-hetero) is 1. The molecule has 5 heteroatoms. The first-order valence-corrected chi connectivity index (χ1v) is 9.98. The summed E-state index contributed by atoms with van der Waals surface area (Å²) in [7, 11) is 0. The fourth-order valence-electron chi connectivity index (χ4n) is 4.28. The molecule has 2 atom stereocenters. The van der Waals surface area contributed by atoms with E-state index in [0.29, 0.717) is 12.0 Å². The van der Waals surface area contributed by atoms with E-state index in [4.69, 9.17) is 4.74 Å². The van der Waals surface area contributed by atoms with Crippen LogP contribution >= 0.6 is 11.3 Å². The average molecular weight is 357 g/mol. The van der Waals surface area contributed by atoms with E-state index in [1.165, 1.54) is 0 Å². The molecule has 1 aromatic rings. The Hall–Kier alpha value is -1.88. The van der Waals surface area contributed by atoms with Crippen molar-refractivity contribution in [3.63, 3.8) is 0 Å². The molecular weight excluding hydrogens is 334 g/mol. The number of esters is 1. The first-order valence-electron chi connectivity index (χ1n) is 9.10. The largest absolute Gasteiger partial charge is 0.459 e. The van der Waals surface area contributed by atoms with Gasteiger partial charge in [0.1, 0.15) is 11.9 Å². The van der Waals surface area contributed by atoms with Gasteiger partial charge in [0, 0.05) is 28.6 Å². The molecule has 1 aromatic heterocycles. The molecular formula is C20H23NO3S. The van der Waals surface area contributed by atoms with Crippen LogP contribution in [0.5, 0.6) is 0 Å². The first kappa shape index (κ1) is 16.6. The van der Waals surface area contributed by atoms with E-state index in [1.54, 1.807) is 11.3 Å². The van der Waals surface area contributed by atoms with E-state index in [0.717, 1.165) is 48.4 Å². The fourth-order valence-corrected chi connectivity index (χ4v) is 5.15. The van der Waals surface area contributed by atoms with Crippen molar-refractivity contribution in [1.29, 1.82) is 0 Å². The van der Waals surface area contributed by atoms with Crippen molar-refractivity contribution in [1.82, 2.24) is 5.32 Å². The number of hydrogen-bond acceptors (Lipinski definition) is 5. The van der Waals surface area contributed by atoms with Gasteiger partial charge in [-0.1, -0.05) is 12.1 Å². The molecule has 0 spiro atoms. The molecule has 25 heavy (non-hydrogen) atoms. The lowest BCUT2D eigenvalue weighted by Gasteiger charge is -2.37. The molecule has 1 aliphatic heterocycles. The number of carbonyl (C=O) groups excluding carboxylic acids is 2. The van der Waals surface area contributed by atoms with E-state index >= 15 is 0 Å². The molecule has 2 aliphatic carbocycles. The van der Waals surface area contributed by atoms with Crippen LogP contribution in [-0.4, -0.2) is 17.9 Å². The summed E-state index contributed by atoms with van der Waals surface area (Å²) >= 11 is 1.60. The van der Waals surface area contributed by atoms with Crippen molar-refractivity contribution in [3.05, 3.63) is 45.4 Å². The summed E-state index contributed by atoms with van der Waals surface area (Å²) in [6, 6.07) is 4.00. The Morgan fingerprint density at radius 3 is 2.80 bits per heavy atom. The van der Waals surface area contributed by atoms with Gasteiger partial charge < -0.3 is 10.1 Å².